The first-order valence-electron chi connectivity index (χ1n) is 12.9. The average molecular weight is 526 g/mol. The number of fused-ring (bicyclic) bond motifs is 3. The number of carboxylic acids is 1. The lowest BCUT2D eigenvalue weighted by Crippen LogP contribution is -2.34. The summed E-state index contributed by atoms with van der Waals surface area (Å²) in [5.41, 5.74) is 3.36. The molecule has 2 aromatic heterocycles. The van der Waals surface area contributed by atoms with Gasteiger partial charge in [-0.1, -0.05) is 43.3 Å². The second kappa shape index (κ2) is 12.0. The van der Waals surface area contributed by atoms with Crippen molar-refractivity contribution < 1.29 is 24.5 Å². The monoisotopic (exact) mass is 525 g/mol. The van der Waals surface area contributed by atoms with Gasteiger partial charge in [-0.05, 0) is 60.8 Å². The highest BCUT2D eigenvalue weighted by Gasteiger charge is 2.12. The number of pyridine rings is 1. The van der Waals surface area contributed by atoms with Crippen molar-refractivity contribution in [2.24, 2.45) is 5.92 Å². The Balaban J connectivity index is 1.06. The number of aromatic carboxylic acids is 1. The van der Waals surface area contributed by atoms with Crippen LogP contribution in [0.15, 0.2) is 85.1 Å². The van der Waals surface area contributed by atoms with E-state index in [0.717, 1.165) is 40.5 Å². The molecule has 0 saturated carbocycles. The van der Waals surface area contributed by atoms with Gasteiger partial charge in [-0.3, -0.25) is 0 Å². The number of aromatic amines is 1. The predicted molar refractivity (Wildman–Crippen MR) is 151 cm³/mol. The van der Waals surface area contributed by atoms with E-state index in [-0.39, 0.29) is 12.2 Å². The molecule has 0 saturated heterocycles. The van der Waals surface area contributed by atoms with Crippen LogP contribution in [0.3, 0.4) is 0 Å². The molecule has 0 fully saturated rings. The van der Waals surface area contributed by atoms with Crippen molar-refractivity contribution >= 4 is 27.8 Å². The molecule has 0 amide bonds. The summed E-state index contributed by atoms with van der Waals surface area (Å²) in [7, 11) is 0. The normalized spacial score (nSPS) is 12.9. The van der Waals surface area contributed by atoms with E-state index in [0.29, 0.717) is 24.1 Å². The summed E-state index contributed by atoms with van der Waals surface area (Å²) in [6.07, 6.45) is 1.51. The van der Waals surface area contributed by atoms with E-state index < -0.39 is 12.1 Å². The Hall–Kier alpha value is -4.40. The summed E-state index contributed by atoms with van der Waals surface area (Å²) in [5, 5.41) is 25.0. The van der Waals surface area contributed by atoms with Crippen LogP contribution in [-0.2, 0) is 6.42 Å². The van der Waals surface area contributed by atoms with Gasteiger partial charge in [0.25, 0.3) is 0 Å². The second-order valence-electron chi connectivity index (χ2n) is 9.72. The SMILES string of the molecule is CC(CNCC(O)COc1cccc2[nH]c3ccccc3c12)Cc1ccc(Oc2ccc(C(=O)O)cn2)cc1. The van der Waals surface area contributed by atoms with E-state index in [1.165, 1.54) is 23.9 Å². The number of aliphatic hydroxyl groups excluding tert-OH is 1. The van der Waals surface area contributed by atoms with Gasteiger partial charge in [0.05, 0.1) is 11.1 Å². The van der Waals surface area contributed by atoms with Crippen molar-refractivity contribution in [3.63, 3.8) is 0 Å². The Morgan fingerprint density at radius 2 is 1.77 bits per heavy atom. The van der Waals surface area contributed by atoms with Gasteiger partial charge >= 0.3 is 5.97 Å². The highest BCUT2D eigenvalue weighted by Crippen LogP contribution is 2.33. The molecule has 0 aliphatic heterocycles. The lowest BCUT2D eigenvalue weighted by atomic mass is 10.0. The molecule has 2 unspecified atom stereocenters. The summed E-state index contributed by atoms with van der Waals surface area (Å²) in [4.78, 5) is 18.4. The maximum absolute atomic E-state index is 10.9. The number of aromatic nitrogens is 2. The number of H-pyrrole nitrogens is 1. The Morgan fingerprint density at radius 3 is 2.54 bits per heavy atom. The van der Waals surface area contributed by atoms with Gasteiger partial charge in [-0.25, -0.2) is 9.78 Å². The summed E-state index contributed by atoms with van der Waals surface area (Å²) >= 11 is 0. The van der Waals surface area contributed by atoms with Crippen LogP contribution in [0.2, 0.25) is 0 Å². The second-order valence-corrected chi connectivity index (χ2v) is 9.72. The highest BCUT2D eigenvalue weighted by molar-refractivity contribution is 6.10. The predicted octanol–water partition coefficient (Wildman–Crippen LogP) is 5.41. The number of hydrogen-bond donors (Lipinski definition) is 4. The Kier molecular flexibility index (Phi) is 8.05. The minimum atomic E-state index is -1.02. The van der Waals surface area contributed by atoms with Gasteiger partial charge in [-0.2, -0.15) is 0 Å². The first-order chi connectivity index (χ1) is 19.0. The first-order valence-corrected chi connectivity index (χ1v) is 12.9. The van der Waals surface area contributed by atoms with Crippen LogP contribution in [0, 0.1) is 5.92 Å². The number of rotatable bonds is 12. The van der Waals surface area contributed by atoms with Crippen LogP contribution >= 0.6 is 0 Å². The lowest BCUT2D eigenvalue weighted by Gasteiger charge is -2.17. The van der Waals surface area contributed by atoms with Gasteiger partial charge < -0.3 is 30.0 Å². The van der Waals surface area contributed by atoms with Crippen LogP contribution in [0.4, 0.5) is 0 Å². The number of ether oxygens (including phenoxy) is 2. The van der Waals surface area contributed by atoms with E-state index in [4.69, 9.17) is 14.6 Å². The third kappa shape index (κ3) is 6.54. The maximum atomic E-state index is 10.9. The van der Waals surface area contributed by atoms with Gasteiger partial charge in [0.15, 0.2) is 0 Å². The fourth-order valence-electron chi connectivity index (χ4n) is 4.59. The molecule has 0 aliphatic carbocycles. The molecule has 2 heterocycles. The summed E-state index contributed by atoms with van der Waals surface area (Å²) in [6.45, 7) is 3.56. The van der Waals surface area contributed by atoms with Gasteiger partial charge in [0, 0.05) is 35.1 Å². The van der Waals surface area contributed by atoms with E-state index in [1.807, 2.05) is 60.7 Å². The number of nitrogens with one attached hydrogen (secondary N) is 2. The highest BCUT2D eigenvalue weighted by atomic mass is 16.5. The average Bonchev–Trinajstić information content (AvgIpc) is 3.33. The van der Waals surface area contributed by atoms with Crippen LogP contribution in [0.1, 0.15) is 22.8 Å². The van der Waals surface area contributed by atoms with Crippen LogP contribution in [0.5, 0.6) is 17.4 Å². The molecule has 5 rings (SSSR count). The zero-order valence-electron chi connectivity index (χ0n) is 21.6. The maximum Gasteiger partial charge on any atom is 0.337 e. The van der Waals surface area contributed by atoms with Crippen LogP contribution < -0.4 is 14.8 Å². The number of carboxylic acid groups (broad SMARTS) is 1. The molecule has 8 nitrogen and oxygen atoms in total. The number of nitrogens with zero attached hydrogens (tertiary/aromatic N) is 1. The van der Waals surface area contributed by atoms with Crippen molar-refractivity contribution in [1.82, 2.24) is 15.3 Å². The molecule has 0 aliphatic rings. The molecule has 2 atom stereocenters. The smallest absolute Gasteiger partial charge is 0.337 e. The summed E-state index contributed by atoms with van der Waals surface area (Å²) in [5.74, 6) is 1.06. The van der Waals surface area contributed by atoms with E-state index in [9.17, 15) is 9.90 Å². The lowest BCUT2D eigenvalue weighted by molar-refractivity contribution is 0.0696. The fraction of sp³-hybridized carbons (Fsp3) is 0.226. The molecule has 0 bridgehead atoms. The Labute approximate surface area is 226 Å². The number of hydrogen-bond acceptors (Lipinski definition) is 6. The van der Waals surface area contributed by atoms with Crippen molar-refractivity contribution in [2.45, 2.75) is 19.4 Å². The minimum absolute atomic E-state index is 0.114. The third-order valence-corrected chi connectivity index (χ3v) is 6.51. The first kappa shape index (κ1) is 26.2. The molecule has 4 N–H and O–H groups in total. The molecule has 3 aromatic carbocycles. The van der Waals surface area contributed by atoms with Gasteiger partial charge in [0.2, 0.25) is 5.88 Å². The quantitative estimate of drug-likeness (QED) is 0.172. The van der Waals surface area contributed by atoms with Crippen molar-refractivity contribution in [3.8, 4) is 17.4 Å². The molecular weight excluding hydrogens is 494 g/mol. The van der Waals surface area contributed by atoms with E-state index in [2.05, 4.69) is 28.3 Å². The summed E-state index contributed by atoms with van der Waals surface area (Å²) < 4.78 is 11.7. The largest absolute Gasteiger partial charge is 0.490 e. The number of aliphatic hydroxyl groups is 1. The number of carbonyl (C=O) groups is 1. The van der Waals surface area contributed by atoms with Crippen molar-refractivity contribution in [1.29, 1.82) is 0 Å². The van der Waals surface area contributed by atoms with Gasteiger partial charge in [0.1, 0.15) is 24.2 Å². The molecule has 0 radical (unpaired) electrons. The zero-order valence-corrected chi connectivity index (χ0v) is 21.6. The summed E-state index contributed by atoms with van der Waals surface area (Å²) in [6, 6.07) is 24.8. The van der Waals surface area contributed by atoms with E-state index in [1.54, 1.807) is 0 Å². The topological polar surface area (TPSA) is 117 Å². The number of benzene rings is 3. The molecule has 200 valence electrons. The molecule has 5 aromatic rings. The van der Waals surface area contributed by atoms with Gasteiger partial charge in [-0.15, -0.1) is 0 Å². The molecule has 0 spiro atoms. The molecule has 8 heteroatoms. The Bertz CT molecular complexity index is 1550. The molecular formula is C31H31N3O5. The van der Waals surface area contributed by atoms with Crippen LogP contribution in [0.25, 0.3) is 21.8 Å². The zero-order chi connectivity index (χ0) is 27.2. The standard InChI is InChI=1S/C31H31N3O5/c1-20(15-21-9-12-24(13-10-21)39-29-14-11-22(17-33-29)31(36)37)16-32-18-23(35)19-38-28-8-4-7-27-30(28)25-5-2-3-6-26(25)34-27/h2-14,17,20,23,32,34-35H,15-16,18-19H2,1H3,(H,36,37). The number of para-hydroxylation sites is 1. The van der Waals surface area contributed by atoms with Crippen molar-refractivity contribution in [2.75, 3.05) is 19.7 Å². The van der Waals surface area contributed by atoms with Crippen molar-refractivity contribution in [3.05, 3.63) is 96.2 Å². The van der Waals surface area contributed by atoms with Crippen LogP contribution in [-0.4, -0.2) is 52.0 Å². The Morgan fingerprint density at radius 1 is 0.974 bits per heavy atom. The minimum Gasteiger partial charge on any atom is -0.490 e. The molecule has 39 heavy (non-hydrogen) atoms. The fourth-order valence-corrected chi connectivity index (χ4v) is 4.59. The van der Waals surface area contributed by atoms with E-state index >= 15 is 0 Å². The third-order valence-electron chi connectivity index (χ3n) is 6.51.